The van der Waals surface area contributed by atoms with Crippen molar-refractivity contribution < 1.29 is 28.0 Å². The average Bonchev–Trinajstić information content (AvgIpc) is 2.39. The van der Waals surface area contributed by atoms with Crippen molar-refractivity contribution in [3.63, 3.8) is 0 Å². The number of sulfonamides is 1. The van der Waals surface area contributed by atoms with Gasteiger partial charge in [-0.05, 0) is 19.9 Å². The second-order valence-electron chi connectivity index (χ2n) is 4.30. The Morgan fingerprint density at radius 2 is 2.09 bits per heavy atom. The Morgan fingerprint density at radius 3 is 2.50 bits per heavy atom. The molecule has 0 heterocycles. The number of halogens is 1. The number of carboxylic acids is 1. The molecule has 0 aliphatic heterocycles. The molecule has 9 nitrogen and oxygen atoms in total. The van der Waals surface area contributed by atoms with Gasteiger partial charge in [0.15, 0.2) is 0 Å². The summed E-state index contributed by atoms with van der Waals surface area (Å²) in [7, 11) is -3.24. The van der Waals surface area contributed by atoms with Crippen molar-refractivity contribution in [3.8, 4) is 5.75 Å². The third-order valence-electron chi connectivity index (χ3n) is 2.79. The van der Waals surface area contributed by atoms with Gasteiger partial charge in [0.25, 0.3) is 0 Å². The standard InChI is InChI=1S/C11H13BrN2O7S/c1-5-7(12)4-8(10(21-3)9(5)14(17)18)22(19,20)13-6(2)11(15)16/h4,6,13H,1-3H3,(H,15,16)/t6-/m1/s1. The Balaban J connectivity index is 3.60. The Morgan fingerprint density at radius 1 is 1.55 bits per heavy atom. The first-order valence-corrected chi connectivity index (χ1v) is 8.07. The third-order valence-corrected chi connectivity index (χ3v) is 5.16. The largest absolute Gasteiger partial charge is 0.489 e. The molecule has 0 bridgehead atoms. The Hall–Kier alpha value is -1.72. The number of ether oxygens (including phenoxy) is 1. The maximum Gasteiger partial charge on any atom is 0.321 e. The molecule has 11 heteroatoms. The Bertz CT molecular complexity index is 732. The van der Waals surface area contributed by atoms with Crippen molar-refractivity contribution >= 4 is 37.6 Å². The van der Waals surface area contributed by atoms with Crippen LogP contribution in [0.5, 0.6) is 5.75 Å². The number of nitro groups is 1. The van der Waals surface area contributed by atoms with Crippen LogP contribution >= 0.6 is 15.9 Å². The number of hydrogen-bond acceptors (Lipinski definition) is 6. The lowest BCUT2D eigenvalue weighted by Crippen LogP contribution is -2.38. The maximum atomic E-state index is 12.3. The summed E-state index contributed by atoms with van der Waals surface area (Å²) >= 11 is 3.05. The van der Waals surface area contributed by atoms with Gasteiger partial charge in [0.05, 0.1) is 12.0 Å². The van der Waals surface area contributed by atoms with Gasteiger partial charge < -0.3 is 9.84 Å². The van der Waals surface area contributed by atoms with Crippen molar-refractivity contribution in [1.29, 1.82) is 0 Å². The Kier molecular flexibility index (Phi) is 5.49. The minimum atomic E-state index is -4.33. The highest BCUT2D eigenvalue weighted by Crippen LogP contribution is 2.40. The fourth-order valence-electron chi connectivity index (χ4n) is 1.65. The van der Waals surface area contributed by atoms with Gasteiger partial charge in [-0.3, -0.25) is 14.9 Å². The van der Waals surface area contributed by atoms with Gasteiger partial charge in [-0.25, -0.2) is 8.42 Å². The van der Waals surface area contributed by atoms with Gasteiger partial charge in [-0.1, -0.05) is 15.9 Å². The number of aliphatic carboxylic acids is 1. The van der Waals surface area contributed by atoms with E-state index in [2.05, 4.69) is 15.9 Å². The number of carbonyl (C=O) groups is 1. The molecule has 0 aromatic heterocycles. The van der Waals surface area contributed by atoms with E-state index in [0.29, 0.717) is 0 Å². The first-order valence-electron chi connectivity index (χ1n) is 5.79. The van der Waals surface area contributed by atoms with E-state index in [1.54, 1.807) is 0 Å². The lowest BCUT2D eigenvalue weighted by atomic mass is 10.2. The zero-order valence-corrected chi connectivity index (χ0v) is 14.2. The van der Waals surface area contributed by atoms with Crippen LogP contribution in [0.15, 0.2) is 15.4 Å². The summed E-state index contributed by atoms with van der Waals surface area (Å²) in [5.74, 6) is -1.85. The van der Waals surface area contributed by atoms with Gasteiger partial charge >= 0.3 is 11.7 Å². The smallest absolute Gasteiger partial charge is 0.321 e. The van der Waals surface area contributed by atoms with E-state index in [1.807, 2.05) is 4.72 Å². The zero-order chi connectivity index (χ0) is 17.2. The van der Waals surface area contributed by atoms with Crippen LogP contribution in [-0.2, 0) is 14.8 Å². The highest BCUT2D eigenvalue weighted by atomic mass is 79.9. The first-order chi connectivity index (χ1) is 10.0. The molecule has 0 aliphatic rings. The first kappa shape index (κ1) is 18.3. The molecule has 1 aromatic rings. The molecule has 0 fully saturated rings. The van der Waals surface area contributed by atoms with E-state index >= 15 is 0 Å². The number of benzene rings is 1. The van der Waals surface area contributed by atoms with Crippen LogP contribution in [0.3, 0.4) is 0 Å². The van der Waals surface area contributed by atoms with Crippen molar-refractivity contribution in [3.05, 3.63) is 26.2 Å². The second kappa shape index (κ2) is 6.58. The number of hydrogen-bond donors (Lipinski definition) is 2. The summed E-state index contributed by atoms with van der Waals surface area (Å²) in [5.41, 5.74) is -0.327. The van der Waals surface area contributed by atoms with Gasteiger partial charge in [0.1, 0.15) is 10.9 Å². The third kappa shape index (κ3) is 3.54. The van der Waals surface area contributed by atoms with Crippen molar-refractivity contribution in [2.45, 2.75) is 24.8 Å². The van der Waals surface area contributed by atoms with E-state index in [-0.39, 0.29) is 10.0 Å². The number of carboxylic acid groups (broad SMARTS) is 1. The predicted octanol–water partition coefficient (Wildman–Crippen LogP) is 1.43. The van der Waals surface area contributed by atoms with E-state index in [9.17, 15) is 23.3 Å². The summed E-state index contributed by atoms with van der Waals surface area (Å²) in [6, 6.07) is -0.285. The van der Waals surface area contributed by atoms with E-state index in [0.717, 1.165) is 20.1 Å². The van der Waals surface area contributed by atoms with Gasteiger partial charge in [-0.15, -0.1) is 0 Å². The molecular weight excluding hydrogens is 384 g/mol. The lowest BCUT2D eigenvalue weighted by molar-refractivity contribution is -0.386. The molecule has 1 atom stereocenters. The number of nitro benzene ring substituents is 1. The number of methoxy groups -OCH3 is 1. The number of rotatable bonds is 6. The summed E-state index contributed by atoms with van der Waals surface area (Å²) in [4.78, 5) is 20.7. The molecule has 0 aliphatic carbocycles. The predicted molar refractivity (Wildman–Crippen MR) is 79.5 cm³/mol. The lowest BCUT2D eigenvalue weighted by Gasteiger charge is -2.15. The van der Waals surface area contributed by atoms with Crippen LogP contribution < -0.4 is 9.46 Å². The molecule has 0 saturated carbocycles. The topological polar surface area (TPSA) is 136 Å². The number of nitrogens with one attached hydrogen (secondary N) is 1. The molecule has 1 rings (SSSR count). The fourth-order valence-corrected chi connectivity index (χ4v) is 3.61. The fraction of sp³-hybridized carbons (Fsp3) is 0.364. The molecule has 0 radical (unpaired) electrons. The SMILES string of the molecule is COc1c(S(=O)(=O)N[C@H](C)C(=O)O)cc(Br)c(C)c1[N+](=O)[O-]. The van der Waals surface area contributed by atoms with E-state index in [4.69, 9.17) is 9.84 Å². The highest BCUT2D eigenvalue weighted by molar-refractivity contribution is 9.10. The minimum absolute atomic E-state index is 0.184. The van der Waals surface area contributed by atoms with Crippen molar-refractivity contribution in [1.82, 2.24) is 4.72 Å². The quantitative estimate of drug-likeness (QED) is 0.547. The zero-order valence-electron chi connectivity index (χ0n) is 11.8. The van der Waals surface area contributed by atoms with Crippen LogP contribution in [0.1, 0.15) is 12.5 Å². The molecule has 22 heavy (non-hydrogen) atoms. The molecule has 2 N–H and O–H groups in total. The summed E-state index contributed by atoms with van der Waals surface area (Å²) in [6.45, 7) is 2.55. The van der Waals surface area contributed by atoms with Gasteiger partial charge in [-0.2, -0.15) is 4.72 Å². The molecule has 0 unspecified atom stereocenters. The summed E-state index contributed by atoms with van der Waals surface area (Å²) in [5, 5.41) is 19.9. The van der Waals surface area contributed by atoms with Crippen LogP contribution in [-0.4, -0.2) is 37.6 Å². The van der Waals surface area contributed by atoms with Crippen LogP contribution in [0.4, 0.5) is 5.69 Å². The molecule has 1 aromatic carbocycles. The van der Waals surface area contributed by atoms with Crippen LogP contribution in [0.2, 0.25) is 0 Å². The van der Waals surface area contributed by atoms with E-state index < -0.39 is 43.3 Å². The molecule has 0 amide bonds. The van der Waals surface area contributed by atoms with Crippen LogP contribution in [0.25, 0.3) is 0 Å². The number of nitrogens with zero attached hydrogens (tertiary/aromatic N) is 1. The average molecular weight is 397 g/mol. The molecule has 0 saturated heterocycles. The summed E-state index contributed by atoms with van der Waals surface area (Å²) < 4.78 is 31.5. The molecule has 122 valence electrons. The highest BCUT2D eigenvalue weighted by Gasteiger charge is 2.32. The van der Waals surface area contributed by atoms with Gasteiger partial charge in [0.2, 0.25) is 15.8 Å². The van der Waals surface area contributed by atoms with Crippen molar-refractivity contribution in [2.24, 2.45) is 0 Å². The van der Waals surface area contributed by atoms with Crippen LogP contribution in [0, 0.1) is 17.0 Å². The summed E-state index contributed by atoms with van der Waals surface area (Å²) in [6.07, 6.45) is 0. The van der Waals surface area contributed by atoms with Crippen molar-refractivity contribution in [2.75, 3.05) is 7.11 Å². The Labute approximate surface area is 134 Å². The minimum Gasteiger partial charge on any atom is -0.489 e. The maximum absolute atomic E-state index is 12.3. The molecular formula is C11H13BrN2O7S. The molecule has 0 spiro atoms. The van der Waals surface area contributed by atoms with Gasteiger partial charge in [0, 0.05) is 10.0 Å². The monoisotopic (exact) mass is 396 g/mol. The van der Waals surface area contributed by atoms with E-state index in [1.165, 1.54) is 6.92 Å². The normalized spacial score (nSPS) is 12.7. The second-order valence-corrected chi connectivity index (χ2v) is 6.84.